The molecule has 1 fully saturated rings. The molecule has 10 heteroatoms. The molecule has 0 bridgehead atoms. The fraction of sp³-hybridized carbons (Fsp3) is 0.300. The summed E-state index contributed by atoms with van der Waals surface area (Å²) in [5, 5.41) is 7.66. The third kappa shape index (κ3) is 3.75. The average Bonchev–Trinajstić information content (AvgIpc) is 3.49. The van der Waals surface area contributed by atoms with Gasteiger partial charge in [0.1, 0.15) is 0 Å². The van der Waals surface area contributed by atoms with Gasteiger partial charge in [-0.15, -0.1) is 5.10 Å². The molecule has 30 heavy (non-hydrogen) atoms. The zero-order chi connectivity index (χ0) is 20.5. The molecule has 0 amide bonds. The number of aromatic nitrogens is 5. The number of likely N-dealkylation sites (tertiary alicyclic amines) is 1. The Balaban J connectivity index is 1.30. The van der Waals surface area contributed by atoms with Crippen molar-refractivity contribution in [1.82, 2.24) is 29.5 Å². The number of hydrogen-bond acceptors (Lipinski definition) is 8. The lowest BCUT2D eigenvalue weighted by Gasteiger charge is -2.25. The second kappa shape index (κ2) is 8.04. The molecule has 1 atom stereocenters. The van der Waals surface area contributed by atoms with Crippen molar-refractivity contribution in [2.75, 3.05) is 24.1 Å². The van der Waals surface area contributed by atoms with E-state index in [4.69, 9.17) is 10.2 Å². The molecular weight excluding hydrogens is 448 g/mol. The van der Waals surface area contributed by atoms with Crippen LogP contribution in [0.15, 0.2) is 51.6 Å². The van der Waals surface area contributed by atoms with Gasteiger partial charge in [-0.25, -0.2) is 0 Å². The Hall–Kier alpha value is -2.98. The van der Waals surface area contributed by atoms with Gasteiger partial charge in [-0.2, -0.15) is 19.5 Å². The number of fused-ring (bicyclic) bond motifs is 1. The van der Waals surface area contributed by atoms with E-state index in [0.29, 0.717) is 29.4 Å². The number of nitrogens with two attached hydrogens (primary N) is 1. The van der Waals surface area contributed by atoms with Crippen LogP contribution in [0.4, 0.5) is 11.9 Å². The summed E-state index contributed by atoms with van der Waals surface area (Å²) >= 11 is 3.65. The highest BCUT2D eigenvalue weighted by atomic mass is 79.9. The van der Waals surface area contributed by atoms with E-state index in [1.165, 1.54) is 16.5 Å². The zero-order valence-corrected chi connectivity index (χ0v) is 17.8. The van der Waals surface area contributed by atoms with Crippen LogP contribution >= 0.6 is 15.9 Å². The van der Waals surface area contributed by atoms with Crippen LogP contribution in [0.5, 0.6) is 0 Å². The van der Waals surface area contributed by atoms with Crippen LogP contribution in [-0.2, 0) is 6.54 Å². The first-order valence-electron chi connectivity index (χ1n) is 9.83. The topological polar surface area (TPSA) is 110 Å². The van der Waals surface area contributed by atoms with Crippen molar-refractivity contribution in [3.05, 3.63) is 52.7 Å². The van der Waals surface area contributed by atoms with Gasteiger partial charge < -0.3 is 15.5 Å². The molecule has 1 aromatic carbocycles. The average molecular weight is 469 g/mol. The fourth-order valence-electron chi connectivity index (χ4n) is 3.78. The largest absolute Gasteiger partial charge is 0.461 e. The van der Waals surface area contributed by atoms with Crippen LogP contribution in [0, 0.1) is 0 Å². The third-order valence-electron chi connectivity index (χ3n) is 5.30. The molecule has 1 unspecified atom stereocenters. The van der Waals surface area contributed by atoms with E-state index in [0.717, 1.165) is 30.5 Å². The third-order valence-corrected chi connectivity index (χ3v) is 6.07. The standard InChI is InChI=1S/C20H21BrN8O/c21-15-7-2-1-5-13(15)12-28-9-3-6-14(28)11-23-19-25-18(22)29-20(26-19)24-17(27-29)16-8-4-10-30-16/h1-2,4-5,7-8,10,14H,3,6,9,11-12H2,(H3,22,23,24,25,26,27). The first kappa shape index (κ1) is 19.0. The van der Waals surface area contributed by atoms with Gasteiger partial charge >= 0.3 is 0 Å². The van der Waals surface area contributed by atoms with Gasteiger partial charge in [-0.1, -0.05) is 34.1 Å². The van der Waals surface area contributed by atoms with E-state index < -0.39 is 0 Å². The number of benzene rings is 1. The van der Waals surface area contributed by atoms with Gasteiger partial charge in [-0.05, 0) is 43.1 Å². The molecule has 154 valence electrons. The van der Waals surface area contributed by atoms with E-state index in [1.54, 1.807) is 18.4 Å². The highest BCUT2D eigenvalue weighted by molar-refractivity contribution is 9.10. The molecule has 3 aromatic heterocycles. The Morgan fingerprint density at radius 1 is 1.17 bits per heavy atom. The molecule has 1 aliphatic heterocycles. The molecule has 0 radical (unpaired) electrons. The Labute approximate surface area is 181 Å². The van der Waals surface area contributed by atoms with Crippen molar-refractivity contribution in [1.29, 1.82) is 0 Å². The molecule has 4 aromatic rings. The Morgan fingerprint density at radius 3 is 2.90 bits per heavy atom. The van der Waals surface area contributed by atoms with Gasteiger partial charge in [0.25, 0.3) is 5.78 Å². The molecule has 0 saturated carbocycles. The summed E-state index contributed by atoms with van der Waals surface area (Å²) < 4.78 is 7.91. The molecule has 1 saturated heterocycles. The number of hydrogen-bond donors (Lipinski definition) is 2. The lowest BCUT2D eigenvalue weighted by molar-refractivity contribution is 0.253. The van der Waals surface area contributed by atoms with Crippen LogP contribution in [0.1, 0.15) is 18.4 Å². The van der Waals surface area contributed by atoms with Gasteiger partial charge in [0, 0.05) is 23.6 Å². The van der Waals surface area contributed by atoms with Crippen molar-refractivity contribution in [3.8, 4) is 11.6 Å². The summed E-state index contributed by atoms with van der Waals surface area (Å²) in [6.07, 6.45) is 3.88. The molecule has 0 aliphatic carbocycles. The Morgan fingerprint density at radius 2 is 2.07 bits per heavy atom. The maximum absolute atomic E-state index is 6.08. The van der Waals surface area contributed by atoms with Crippen molar-refractivity contribution >= 4 is 33.6 Å². The van der Waals surface area contributed by atoms with E-state index in [-0.39, 0.29) is 5.95 Å². The molecule has 3 N–H and O–H groups in total. The SMILES string of the molecule is Nc1nc(NCC2CCCN2Cc2ccccc2Br)nc2nc(-c3ccco3)nn12. The van der Waals surface area contributed by atoms with E-state index >= 15 is 0 Å². The molecule has 9 nitrogen and oxygen atoms in total. The number of nitrogens with zero attached hydrogens (tertiary/aromatic N) is 6. The fourth-order valence-corrected chi connectivity index (χ4v) is 4.19. The predicted octanol–water partition coefficient (Wildman–Crippen LogP) is 3.20. The second-order valence-electron chi connectivity index (χ2n) is 7.27. The lowest BCUT2D eigenvalue weighted by atomic mass is 10.2. The molecule has 5 rings (SSSR count). The van der Waals surface area contributed by atoms with Crippen molar-refractivity contribution < 1.29 is 4.42 Å². The Kier molecular flexibility index (Phi) is 5.09. The number of halogens is 1. The van der Waals surface area contributed by atoms with Crippen LogP contribution < -0.4 is 11.1 Å². The minimum atomic E-state index is 0.226. The van der Waals surface area contributed by atoms with Crippen LogP contribution in [0.25, 0.3) is 17.4 Å². The molecule has 4 heterocycles. The first-order valence-corrected chi connectivity index (χ1v) is 10.6. The normalized spacial score (nSPS) is 17.0. The van der Waals surface area contributed by atoms with Crippen LogP contribution in [0.3, 0.4) is 0 Å². The number of nitrogens with one attached hydrogen (secondary N) is 1. The predicted molar refractivity (Wildman–Crippen MR) is 117 cm³/mol. The quantitative estimate of drug-likeness (QED) is 0.443. The summed E-state index contributed by atoms with van der Waals surface area (Å²) in [6.45, 7) is 2.72. The Bertz CT molecular complexity index is 1160. The van der Waals surface area contributed by atoms with E-state index in [9.17, 15) is 0 Å². The number of anilines is 2. The van der Waals surface area contributed by atoms with Gasteiger partial charge in [-0.3, -0.25) is 4.90 Å². The minimum absolute atomic E-state index is 0.226. The van der Waals surface area contributed by atoms with Gasteiger partial charge in [0.05, 0.1) is 6.26 Å². The van der Waals surface area contributed by atoms with E-state index in [1.807, 2.05) is 6.07 Å². The maximum atomic E-state index is 6.08. The van der Waals surface area contributed by atoms with Crippen molar-refractivity contribution in [2.45, 2.75) is 25.4 Å². The minimum Gasteiger partial charge on any atom is -0.461 e. The smallest absolute Gasteiger partial charge is 0.259 e. The van der Waals surface area contributed by atoms with Gasteiger partial charge in [0.2, 0.25) is 17.7 Å². The van der Waals surface area contributed by atoms with E-state index in [2.05, 4.69) is 64.4 Å². The van der Waals surface area contributed by atoms with Crippen molar-refractivity contribution in [3.63, 3.8) is 0 Å². The molecule has 0 spiro atoms. The summed E-state index contributed by atoms with van der Waals surface area (Å²) in [5.41, 5.74) is 7.37. The summed E-state index contributed by atoms with van der Waals surface area (Å²) in [6, 6.07) is 12.3. The number of nitrogen functional groups attached to an aromatic ring is 1. The summed E-state index contributed by atoms with van der Waals surface area (Å²) in [4.78, 5) is 15.7. The second-order valence-corrected chi connectivity index (χ2v) is 8.12. The van der Waals surface area contributed by atoms with Crippen LogP contribution in [0.2, 0.25) is 0 Å². The zero-order valence-electron chi connectivity index (χ0n) is 16.2. The summed E-state index contributed by atoms with van der Waals surface area (Å²) in [7, 11) is 0. The number of furan rings is 1. The van der Waals surface area contributed by atoms with Crippen molar-refractivity contribution in [2.24, 2.45) is 0 Å². The number of rotatable bonds is 6. The lowest BCUT2D eigenvalue weighted by Crippen LogP contribution is -2.35. The monoisotopic (exact) mass is 468 g/mol. The highest BCUT2D eigenvalue weighted by Gasteiger charge is 2.25. The first-order chi connectivity index (χ1) is 14.7. The molecule has 1 aliphatic rings. The van der Waals surface area contributed by atoms with Gasteiger partial charge in [0.15, 0.2) is 5.76 Å². The highest BCUT2D eigenvalue weighted by Crippen LogP contribution is 2.24. The van der Waals surface area contributed by atoms with Crippen LogP contribution in [-0.4, -0.2) is 48.6 Å². The maximum Gasteiger partial charge on any atom is 0.259 e. The molecular formula is C20H21BrN8O. The summed E-state index contributed by atoms with van der Waals surface area (Å²) in [5.74, 6) is 2.04.